The number of amides is 2. The van der Waals surface area contributed by atoms with Crippen LogP contribution in [0.4, 0.5) is 0 Å². The maximum absolute atomic E-state index is 13.2. The molecule has 3 heterocycles. The van der Waals surface area contributed by atoms with Gasteiger partial charge >= 0.3 is 0 Å². The Hall–Kier alpha value is -2.79. The number of carbonyl (C=O) groups is 2. The number of fused-ring (bicyclic) bond motifs is 1. The Balaban J connectivity index is 1.48. The monoisotopic (exact) mass is 569 g/mol. The quantitative estimate of drug-likeness (QED) is 0.223. The molecule has 3 aliphatic heterocycles. The van der Waals surface area contributed by atoms with Crippen molar-refractivity contribution in [3.63, 3.8) is 0 Å². The molecule has 2 aromatic carbocycles. The number of imide groups is 1. The number of aliphatic hydroxyl groups excluding tert-OH is 1. The van der Waals surface area contributed by atoms with Gasteiger partial charge in [0, 0.05) is 47.0 Å². The smallest absolute Gasteiger partial charge is 0.261 e. The lowest BCUT2D eigenvalue weighted by Gasteiger charge is -2.56. The minimum atomic E-state index is -0.855. The number of carbonyl (C=O) groups excluding carboxylic acids is 2. The van der Waals surface area contributed by atoms with Gasteiger partial charge in [-0.15, -0.1) is 0 Å². The van der Waals surface area contributed by atoms with E-state index in [4.69, 9.17) is 15.0 Å². The van der Waals surface area contributed by atoms with Crippen molar-refractivity contribution in [1.29, 1.82) is 0 Å². The molecule has 0 unspecified atom stereocenters. The molecule has 0 aliphatic carbocycles. The highest BCUT2D eigenvalue weighted by Crippen LogP contribution is 2.44. The summed E-state index contributed by atoms with van der Waals surface area (Å²) >= 11 is 3.48. The van der Waals surface area contributed by atoms with Crippen LogP contribution < -0.4 is 0 Å². The first-order valence-electron chi connectivity index (χ1n) is 12.2. The summed E-state index contributed by atoms with van der Waals surface area (Å²) in [5.74, 6) is -1.59. The molecular formula is C26H28BrN5O5. The minimum absolute atomic E-state index is 0.106. The van der Waals surface area contributed by atoms with Gasteiger partial charge in [0.1, 0.15) is 12.2 Å². The summed E-state index contributed by atoms with van der Waals surface area (Å²) in [4.78, 5) is 32.8. The molecular weight excluding hydrogens is 542 g/mol. The van der Waals surface area contributed by atoms with Crippen LogP contribution in [-0.2, 0) is 9.47 Å². The number of hydrogen-bond donors (Lipinski definition) is 1. The number of hydrogen-bond acceptors (Lipinski definition) is 7. The number of aliphatic hydroxyl groups is 1. The molecule has 2 saturated heterocycles. The summed E-state index contributed by atoms with van der Waals surface area (Å²) in [6.07, 6.45) is -0.967. The average molecular weight is 570 g/mol. The maximum Gasteiger partial charge on any atom is 0.261 e. The third-order valence-corrected chi connectivity index (χ3v) is 7.90. The Morgan fingerprint density at radius 1 is 1.00 bits per heavy atom. The number of benzene rings is 2. The van der Waals surface area contributed by atoms with E-state index in [0.717, 1.165) is 10.0 Å². The second-order valence-electron chi connectivity index (χ2n) is 9.98. The van der Waals surface area contributed by atoms with Crippen molar-refractivity contribution in [2.45, 2.75) is 49.8 Å². The molecule has 0 spiro atoms. The molecule has 5 atom stereocenters. The van der Waals surface area contributed by atoms with Gasteiger partial charge in [0.05, 0.1) is 17.7 Å². The summed E-state index contributed by atoms with van der Waals surface area (Å²) in [5.41, 5.74) is 10.9. The van der Waals surface area contributed by atoms with Crippen molar-refractivity contribution in [3.8, 4) is 0 Å². The molecule has 2 aromatic rings. The highest BCUT2D eigenvalue weighted by atomic mass is 79.9. The average Bonchev–Trinajstić information content (AvgIpc) is 3.31. The zero-order chi connectivity index (χ0) is 26.3. The van der Waals surface area contributed by atoms with Gasteiger partial charge in [-0.2, -0.15) is 0 Å². The number of rotatable bonds is 8. The van der Waals surface area contributed by atoms with Crippen LogP contribution in [-0.4, -0.2) is 83.0 Å². The van der Waals surface area contributed by atoms with Crippen molar-refractivity contribution in [3.05, 3.63) is 80.1 Å². The topological polar surface area (TPSA) is 128 Å². The van der Waals surface area contributed by atoms with Gasteiger partial charge < -0.3 is 14.6 Å². The molecule has 2 amide bonds. The molecule has 3 aliphatic rings. The molecule has 10 nitrogen and oxygen atoms in total. The van der Waals surface area contributed by atoms with Crippen LogP contribution in [0.2, 0.25) is 0 Å². The predicted octanol–water partition coefficient (Wildman–Crippen LogP) is 3.70. The predicted molar refractivity (Wildman–Crippen MR) is 138 cm³/mol. The van der Waals surface area contributed by atoms with Crippen LogP contribution in [0.15, 0.2) is 58.1 Å². The number of nitrogens with zero attached hydrogens (tertiary/aromatic N) is 5. The van der Waals surface area contributed by atoms with Gasteiger partial charge in [-0.05, 0) is 49.2 Å². The molecule has 11 heteroatoms. The number of halogens is 1. The van der Waals surface area contributed by atoms with Crippen molar-refractivity contribution < 1.29 is 24.2 Å². The summed E-state index contributed by atoms with van der Waals surface area (Å²) in [6.45, 7) is 4.13. The highest BCUT2D eigenvalue weighted by Gasteiger charge is 2.53. The third-order valence-electron chi connectivity index (χ3n) is 7.37. The van der Waals surface area contributed by atoms with Crippen LogP contribution in [0, 0.1) is 0 Å². The molecule has 2 fully saturated rings. The Kier molecular flexibility index (Phi) is 7.10. The van der Waals surface area contributed by atoms with E-state index in [2.05, 4.69) is 30.9 Å². The fourth-order valence-corrected chi connectivity index (χ4v) is 6.05. The summed E-state index contributed by atoms with van der Waals surface area (Å²) in [7, 11) is 0. The Bertz CT molecular complexity index is 1210. The lowest BCUT2D eigenvalue weighted by molar-refractivity contribution is -0.154. The fourth-order valence-electron chi connectivity index (χ4n) is 5.79. The molecule has 5 rings (SSSR count). The van der Waals surface area contributed by atoms with Gasteiger partial charge in [-0.3, -0.25) is 19.4 Å². The van der Waals surface area contributed by atoms with E-state index in [1.807, 2.05) is 24.3 Å². The Morgan fingerprint density at radius 3 is 2.22 bits per heavy atom. The molecule has 0 radical (unpaired) electrons. The van der Waals surface area contributed by atoms with Crippen LogP contribution in [0.5, 0.6) is 0 Å². The van der Waals surface area contributed by atoms with E-state index in [-0.39, 0.29) is 49.5 Å². The number of likely N-dealkylation sites (tertiary alicyclic amines) is 1. The lowest BCUT2D eigenvalue weighted by atomic mass is 9.74. The number of ether oxygens (including phenoxy) is 2. The van der Waals surface area contributed by atoms with Gasteiger partial charge in [0.15, 0.2) is 5.79 Å². The molecule has 194 valence electrons. The second kappa shape index (κ2) is 10.2. The summed E-state index contributed by atoms with van der Waals surface area (Å²) in [6, 6.07) is 14.3. The summed E-state index contributed by atoms with van der Waals surface area (Å²) < 4.78 is 12.9. The maximum atomic E-state index is 13.2. The van der Waals surface area contributed by atoms with Gasteiger partial charge in [-0.25, -0.2) is 0 Å². The van der Waals surface area contributed by atoms with Crippen molar-refractivity contribution in [1.82, 2.24) is 9.80 Å². The normalized spacial score (nSPS) is 28.6. The molecule has 0 aromatic heterocycles. The van der Waals surface area contributed by atoms with Gasteiger partial charge in [-0.1, -0.05) is 45.3 Å². The first kappa shape index (κ1) is 25.8. The van der Waals surface area contributed by atoms with E-state index in [9.17, 15) is 14.7 Å². The molecule has 1 N–H and O–H groups in total. The van der Waals surface area contributed by atoms with Crippen molar-refractivity contribution >= 4 is 27.7 Å². The SMILES string of the molecule is CC1(C)O[C@@H](CO)[C@H](CN2[C@H](CN3C(=O)c4ccccc4C3=O)[C@H](c3ccc(Br)cc3)[C@@H]2CN=[N+]=[N-])O1. The Labute approximate surface area is 222 Å². The largest absolute Gasteiger partial charge is 0.394 e. The Morgan fingerprint density at radius 2 is 1.62 bits per heavy atom. The van der Waals surface area contributed by atoms with E-state index in [0.29, 0.717) is 17.7 Å². The lowest BCUT2D eigenvalue weighted by Crippen LogP contribution is -2.68. The van der Waals surface area contributed by atoms with Gasteiger partial charge in [0.2, 0.25) is 0 Å². The minimum Gasteiger partial charge on any atom is -0.394 e. The van der Waals surface area contributed by atoms with Crippen LogP contribution in [0.25, 0.3) is 10.4 Å². The van der Waals surface area contributed by atoms with E-state index in [1.165, 1.54) is 4.90 Å². The zero-order valence-electron chi connectivity index (χ0n) is 20.5. The highest BCUT2D eigenvalue weighted by molar-refractivity contribution is 9.10. The third kappa shape index (κ3) is 4.79. The van der Waals surface area contributed by atoms with E-state index in [1.54, 1.807) is 38.1 Å². The van der Waals surface area contributed by atoms with Crippen LogP contribution in [0.3, 0.4) is 0 Å². The fraction of sp³-hybridized carbons (Fsp3) is 0.462. The molecule has 0 saturated carbocycles. The second-order valence-corrected chi connectivity index (χ2v) is 10.9. The van der Waals surface area contributed by atoms with Crippen molar-refractivity contribution in [2.75, 3.05) is 26.2 Å². The van der Waals surface area contributed by atoms with Crippen molar-refractivity contribution in [2.24, 2.45) is 5.11 Å². The van der Waals surface area contributed by atoms with E-state index < -0.39 is 18.0 Å². The van der Waals surface area contributed by atoms with Crippen LogP contribution >= 0.6 is 15.9 Å². The zero-order valence-corrected chi connectivity index (χ0v) is 22.1. The van der Waals surface area contributed by atoms with E-state index >= 15 is 0 Å². The first-order chi connectivity index (χ1) is 17.7. The van der Waals surface area contributed by atoms with Gasteiger partial charge in [0.25, 0.3) is 11.8 Å². The van der Waals surface area contributed by atoms with Crippen LogP contribution in [0.1, 0.15) is 46.0 Å². The standard InChI is InChI=1S/C26H28BrN5O5/c1-26(2)36-21(22(14-33)37-26)13-31-19(11-29-30-28)23(15-7-9-16(27)10-8-15)20(31)12-32-24(34)17-5-3-4-6-18(17)25(32)35/h3-10,19-23,33H,11-14H2,1-2H3/t19-,20+,21-,22-,23+/m0/s1. The first-order valence-corrected chi connectivity index (χ1v) is 13.0. The summed E-state index contributed by atoms with van der Waals surface area (Å²) in [5, 5.41) is 13.8. The molecule has 37 heavy (non-hydrogen) atoms. The number of azide groups is 1. The molecule has 0 bridgehead atoms.